The molecule has 0 aliphatic carbocycles. The molecule has 0 aromatic heterocycles. The van der Waals surface area contributed by atoms with Crippen LogP contribution in [0.25, 0.3) is 10.8 Å². The number of carbonyl (C=O) groups excluding carboxylic acids is 1. The first-order valence-corrected chi connectivity index (χ1v) is 9.91. The van der Waals surface area contributed by atoms with Gasteiger partial charge in [0.15, 0.2) is 11.5 Å². The summed E-state index contributed by atoms with van der Waals surface area (Å²) in [5, 5.41) is 23.2. The highest BCUT2D eigenvalue weighted by Crippen LogP contribution is 2.37. The number of aromatic hydroxyl groups is 1. The summed E-state index contributed by atoms with van der Waals surface area (Å²) in [5.74, 6) is -0.370. The van der Waals surface area contributed by atoms with Gasteiger partial charge in [0.1, 0.15) is 11.9 Å². The van der Waals surface area contributed by atoms with Crippen molar-refractivity contribution < 1.29 is 34.0 Å². The number of carboxylic acids is 1. The van der Waals surface area contributed by atoms with Gasteiger partial charge in [-0.3, -0.25) is 5.32 Å². The van der Waals surface area contributed by atoms with Crippen molar-refractivity contribution >= 4 is 28.5 Å². The van der Waals surface area contributed by atoms with E-state index in [1.807, 2.05) is 12.1 Å². The number of ether oxygens (including phenoxy) is 3. The minimum atomic E-state index is -1.10. The van der Waals surface area contributed by atoms with Gasteiger partial charge in [-0.15, -0.1) is 0 Å². The van der Waals surface area contributed by atoms with Gasteiger partial charge < -0.3 is 24.4 Å². The number of aliphatic carboxylic acids is 1. The highest BCUT2D eigenvalue weighted by atomic mass is 16.7. The van der Waals surface area contributed by atoms with E-state index in [4.69, 9.17) is 19.3 Å². The van der Waals surface area contributed by atoms with E-state index >= 15 is 0 Å². The summed E-state index contributed by atoms with van der Waals surface area (Å²) in [7, 11) is 0. The Morgan fingerprint density at radius 2 is 1.81 bits per heavy atom. The summed E-state index contributed by atoms with van der Waals surface area (Å²) in [6.07, 6.45) is 0.939. The highest BCUT2D eigenvalue weighted by molar-refractivity contribution is 5.92. The monoisotopic (exact) mass is 435 g/mol. The van der Waals surface area contributed by atoms with Crippen LogP contribution < -0.4 is 14.8 Å². The van der Waals surface area contributed by atoms with Crippen LogP contribution in [0.2, 0.25) is 0 Å². The zero-order chi connectivity index (χ0) is 22.7. The molecule has 3 N–H and O–H groups in total. The molecule has 1 aliphatic heterocycles. The van der Waals surface area contributed by atoms with E-state index < -0.39 is 24.1 Å². The van der Waals surface area contributed by atoms with Gasteiger partial charge in [0.2, 0.25) is 6.79 Å². The zero-order valence-electron chi connectivity index (χ0n) is 17.1. The Hall–Kier alpha value is -4.20. The number of nitrogens with one attached hydrogen (secondary N) is 1. The standard InChI is InChI=1S/C24H21NO7/c1-14(6-11-22(27)28)23(18-8-9-19(26)17-5-3-2-4-16(17)18)32-24(29)25-15-7-10-20-21(12-15)31-13-30-20/h2-12,14,23,26H,13H2,1H3,(H,25,29)(H,27,28)/b11-6+/t14-,23+/m0/s1. The number of fused-ring (bicyclic) bond motifs is 2. The van der Waals surface area contributed by atoms with Crippen LogP contribution in [0.15, 0.2) is 66.7 Å². The number of phenols is 1. The smallest absolute Gasteiger partial charge is 0.412 e. The average molecular weight is 435 g/mol. The van der Waals surface area contributed by atoms with Crippen molar-refractivity contribution in [1.82, 2.24) is 0 Å². The predicted molar refractivity (Wildman–Crippen MR) is 117 cm³/mol. The quantitative estimate of drug-likeness (QED) is 0.475. The van der Waals surface area contributed by atoms with Crippen molar-refractivity contribution in [3.63, 3.8) is 0 Å². The normalized spacial score (nSPS) is 14.3. The molecule has 1 aliphatic rings. The molecule has 3 aromatic carbocycles. The molecule has 8 nitrogen and oxygen atoms in total. The van der Waals surface area contributed by atoms with Crippen LogP contribution in [0, 0.1) is 5.92 Å². The molecule has 1 amide bonds. The van der Waals surface area contributed by atoms with Crippen molar-refractivity contribution in [3.05, 3.63) is 72.3 Å². The number of rotatable bonds is 6. The van der Waals surface area contributed by atoms with Gasteiger partial charge in [0, 0.05) is 34.7 Å². The number of benzene rings is 3. The van der Waals surface area contributed by atoms with Crippen LogP contribution in [0.4, 0.5) is 10.5 Å². The minimum absolute atomic E-state index is 0.0987. The first-order chi connectivity index (χ1) is 15.4. The van der Waals surface area contributed by atoms with Crippen molar-refractivity contribution in [3.8, 4) is 17.2 Å². The SMILES string of the molecule is C[C@@H](/C=C/C(=O)O)[C@@H](OC(=O)Nc1ccc2c(c1)OCO2)c1ccc(O)c2ccccc12. The van der Waals surface area contributed by atoms with Crippen LogP contribution in [0.5, 0.6) is 17.2 Å². The van der Waals surface area contributed by atoms with E-state index in [1.54, 1.807) is 43.3 Å². The topological polar surface area (TPSA) is 114 Å². The van der Waals surface area contributed by atoms with Crippen molar-refractivity contribution in [1.29, 1.82) is 0 Å². The van der Waals surface area contributed by atoms with Gasteiger partial charge in [-0.25, -0.2) is 9.59 Å². The molecule has 0 radical (unpaired) electrons. The lowest BCUT2D eigenvalue weighted by Gasteiger charge is -2.24. The zero-order valence-corrected chi connectivity index (χ0v) is 17.1. The van der Waals surface area contributed by atoms with Gasteiger partial charge in [-0.2, -0.15) is 0 Å². The molecule has 0 saturated carbocycles. The lowest BCUT2D eigenvalue weighted by molar-refractivity contribution is -0.131. The van der Waals surface area contributed by atoms with E-state index in [-0.39, 0.29) is 12.5 Å². The largest absolute Gasteiger partial charge is 0.507 e. The second-order valence-corrected chi connectivity index (χ2v) is 7.29. The number of carbonyl (C=O) groups is 2. The summed E-state index contributed by atoms with van der Waals surface area (Å²) < 4.78 is 16.3. The average Bonchev–Trinajstić information content (AvgIpc) is 3.24. The maximum absolute atomic E-state index is 12.7. The molecule has 32 heavy (non-hydrogen) atoms. The third-order valence-corrected chi connectivity index (χ3v) is 5.11. The van der Waals surface area contributed by atoms with Crippen molar-refractivity contribution in [2.75, 3.05) is 12.1 Å². The second kappa shape index (κ2) is 8.89. The van der Waals surface area contributed by atoms with Gasteiger partial charge in [0.25, 0.3) is 0 Å². The number of hydrogen-bond acceptors (Lipinski definition) is 6. The number of carboxylic acid groups (broad SMARTS) is 1. The van der Waals surface area contributed by atoms with Crippen molar-refractivity contribution in [2.45, 2.75) is 13.0 Å². The molecule has 2 atom stereocenters. The molecule has 1 heterocycles. The first kappa shape index (κ1) is 21.0. The van der Waals surface area contributed by atoms with Gasteiger partial charge in [-0.05, 0) is 23.6 Å². The van der Waals surface area contributed by atoms with E-state index in [0.29, 0.717) is 33.5 Å². The lowest BCUT2D eigenvalue weighted by atomic mass is 9.92. The fourth-order valence-corrected chi connectivity index (χ4v) is 3.58. The fourth-order valence-electron chi connectivity index (χ4n) is 3.58. The molecular formula is C24H21NO7. The summed E-state index contributed by atoms with van der Waals surface area (Å²) in [4.78, 5) is 23.8. The molecule has 4 rings (SSSR count). The van der Waals surface area contributed by atoms with Gasteiger partial charge >= 0.3 is 12.1 Å². The van der Waals surface area contributed by atoms with Crippen molar-refractivity contribution in [2.24, 2.45) is 5.92 Å². The summed E-state index contributed by atoms with van der Waals surface area (Å²) in [5.41, 5.74) is 1.10. The minimum Gasteiger partial charge on any atom is -0.507 e. The third-order valence-electron chi connectivity index (χ3n) is 5.11. The van der Waals surface area contributed by atoms with Crippen LogP contribution in [0.1, 0.15) is 18.6 Å². The Kier molecular flexibility index (Phi) is 5.85. The summed E-state index contributed by atoms with van der Waals surface area (Å²) in [6, 6.07) is 15.3. The Morgan fingerprint density at radius 1 is 1.06 bits per heavy atom. The number of hydrogen-bond donors (Lipinski definition) is 3. The van der Waals surface area contributed by atoms with Crippen LogP contribution in [-0.2, 0) is 9.53 Å². The molecule has 0 unspecified atom stereocenters. The maximum atomic E-state index is 12.7. The Balaban J connectivity index is 1.64. The second-order valence-electron chi connectivity index (χ2n) is 7.29. The molecule has 0 saturated heterocycles. The number of anilines is 1. The van der Waals surface area contributed by atoms with Crippen LogP contribution in [-0.4, -0.2) is 29.1 Å². The van der Waals surface area contributed by atoms with E-state index in [1.165, 1.54) is 12.1 Å². The van der Waals surface area contributed by atoms with Gasteiger partial charge in [-0.1, -0.05) is 43.3 Å². The number of amides is 1. The Morgan fingerprint density at radius 3 is 2.59 bits per heavy atom. The molecule has 0 fully saturated rings. The Labute approximate surface area is 183 Å². The summed E-state index contributed by atoms with van der Waals surface area (Å²) >= 11 is 0. The van der Waals surface area contributed by atoms with Crippen LogP contribution in [0.3, 0.4) is 0 Å². The fraction of sp³-hybridized carbons (Fsp3) is 0.167. The predicted octanol–water partition coefficient (Wildman–Crippen LogP) is 4.84. The van der Waals surface area contributed by atoms with E-state index in [2.05, 4.69) is 5.32 Å². The molecule has 164 valence electrons. The third kappa shape index (κ3) is 4.44. The Bertz CT molecular complexity index is 1200. The lowest BCUT2D eigenvalue weighted by Crippen LogP contribution is -2.21. The molecule has 8 heteroatoms. The van der Waals surface area contributed by atoms with E-state index in [9.17, 15) is 14.7 Å². The molecule has 3 aromatic rings. The summed E-state index contributed by atoms with van der Waals surface area (Å²) in [6.45, 7) is 1.87. The number of phenolic OH excluding ortho intramolecular Hbond substituents is 1. The molecule has 0 bridgehead atoms. The van der Waals surface area contributed by atoms with Crippen LogP contribution >= 0.6 is 0 Å². The first-order valence-electron chi connectivity index (χ1n) is 9.91. The molecule has 0 spiro atoms. The van der Waals surface area contributed by atoms with E-state index in [0.717, 1.165) is 6.08 Å². The maximum Gasteiger partial charge on any atom is 0.412 e. The molecular weight excluding hydrogens is 414 g/mol. The van der Waals surface area contributed by atoms with Gasteiger partial charge in [0.05, 0.1) is 0 Å². The highest BCUT2D eigenvalue weighted by Gasteiger charge is 2.25.